The Morgan fingerprint density at radius 2 is 2.14 bits per heavy atom. The van der Waals surface area contributed by atoms with E-state index in [1.165, 1.54) is 24.3 Å². The van der Waals surface area contributed by atoms with Gasteiger partial charge in [0.05, 0.1) is 11.0 Å². The van der Waals surface area contributed by atoms with Gasteiger partial charge < -0.3 is 10.1 Å². The van der Waals surface area contributed by atoms with E-state index in [4.69, 9.17) is 10.00 Å². The molecule has 0 unspecified atom stereocenters. The van der Waals surface area contributed by atoms with Crippen molar-refractivity contribution in [1.29, 1.82) is 5.26 Å². The molecule has 1 aromatic carbocycles. The van der Waals surface area contributed by atoms with Gasteiger partial charge in [0.1, 0.15) is 11.3 Å². The molecule has 0 aliphatic heterocycles. The lowest BCUT2D eigenvalue weighted by Crippen LogP contribution is -2.48. The van der Waals surface area contributed by atoms with Gasteiger partial charge in [-0.2, -0.15) is 5.26 Å². The zero-order chi connectivity index (χ0) is 15.5. The van der Waals surface area contributed by atoms with E-state index in [1.54, 1.807) is 6.92 Å². The highest BCUT2D eigenvalue weighted by molar-refractivity contribution is 5.79. The fraction of sp³-hybridized carbons (Fsp3) is 0.429. The van der Waals surface area contributed by atoms with Crippen LogP contribution in [0.25, 0.3) is 0 Å². The average molecular weight is 289 g/mol. The third-order valence-electron chi connectivity index (χ3n) is 3.44. The quantitative estimate of drug-likeness (QED) is 0.634. The molecule has 0 radical (unpaired) electrons. The van der Waals surface area contributed by atoms with Gasteiger partial charge in [0, 0.05) is 12.1 Å². The summed E-state index contributed by atoms with van der Waals surface area (Å²) in [5.41, 5.74) is -0.895. The Balaban J connectivity index is 1.86. The predicted octanol–water partition coefficient (Wildman–Crippen LogP) is 1.78. The molecule has 1 aliphatic rings. The SMILES string of the molecule is C[C@@](C#N)(NC(=O)COc1ccc([N+](=O)[O-])cc1)C1CC1. The summed E-state index contributed by atoms with van der Waals surface area (Å²) in [6.45, 7) is 1.47. The highest BCUT2D eigenvalue weighted by Crippen LogP contribution is 2.39. The second-order valence-corrected chi connectivity index (χ2v) is 5.18. The van der Waals surface area contributed by atoms with Crippen molar-refractivity contribution in [2.75, 3.05) is 6.61 Å². The van der Waals surface area contributed by atoms with Gasteiger partial charge in [-0.15, -0.1) is 0 Å². The molecule has 1 amide bonds. The van der Waals surface area contributed by atoms with E-state index in [0.29, 0.717) is 5.75 Å². The Bertz CT molecular complexity index is 589. The third-order valence-corrected chi connectivity index (χ3v) is 3.44. The van der Waals surface area contributed by atoms with Gasteiger partial charge in [-0.3, -0.25) is 14.9 Å². The van der Waals surface area contributed by atoms with Gasteiger partial charge in [0.2, 0.25) is 0 Å². The van der Waals surface area contributed by atoms with Crippen molar-refractivity contribution in [1.82, 2.24) is 5.32 Å². The highest BCUT2D eigenvalue weighted by Gasteiger charge is 2.43. The fourth-order valence-electron chi connectivity index (χ4n) is 2.02. The lowest BCUT2D eigenvalue weighted by atomic mass is 9.98. The van der Waals surface area contributed by atoms with E-state index in [9.17, 15) is 14.9 Å². The van der Waals surface area contributed by atoms with Crippen LogP contribution in [0.2, 0.25) is 0 Å². The Morgan fingerprint density at radius 1 is 1.52 bits per heavy atom. The van der Waals surface area contributed by atoms with Crippen LogP contribution in [0, 0.1) is 27.4 Å². The number of hydrogen-bond donors (Lipinski definition) is 1. The van der Waals surface area contributed by atoms with Crippen LogP contribution in [0.5, 0.6) is 5.75 Å². The maximum atomic E-state index is 11.8. The van der Waals surface area contributed by atoms with Gasteiger partial charge in [-0.25, -0.2) is 0 Å². The number of carbonyl (C=O) groups excluding carboxylic acids is 1. The topological polar surface area (TPSA) is 105 Å². The second-order valence-electron chi connectivity index (χ2n) is 5.18. The molecular formula is C14H15N3O4. The van der Waals surface area contributed by atoms with Crippen LogP contribution in [-0.2, 0) is 4.79 Å². The first kappa shape index (κ1) is 14.8. The monoisotopic (exact) mass is 289 g/mol. The zero-order valence-corrected chi connectivity index (χ0v) is 11.5. The molecule has 0 aromatic heterocycles. The fourth-order valence-corrected chi connectivity index (χ4v) is 2.02. The summed E-state index contributed by atoms with van der Waals surface area (Å²) in [4.78, 5) is 21.8. The third kappa shape index (κ3) is 3.69. The number of nitriles is 1. The van der Waals surface area contributed by atoms with Crippen LogP contribution < -0.4 is 10.1 Å². The molecule has 7 heteroatoms. The summed E-state index contributed by atoms with van der Waals surface area (Å²) < 4.78 is 5.25. The first-order chi connectivity index (χ1) is 9.94. The molecule has 0 spiro atoms. The van der Waals surface area contributed by atoms with Crippen LogP contribution >= 0.6 is 0 Å². The minimum absolute atomic E-state index is 0.0439. The minimum Gasteiger partial charge on any atom is -0.484 e. The number of hydrogen-bond acceptors (Lipinski definition) is 5. The average Bonchev–Trinajstić information content (AvgIpc) is 3.30. The summed E-state index contributed by atoms with van der Waals surface area (Å²) in [6, 6.07) is 7.58. The molecule has 110 valence electrons. The first-order valence-corrected chi connectivity index (χ1v) is 6.54. The van der Waals surface area contributed by atoms with Crippen molar-refractivity contribution >= 4 is 11.6 Å². The highest BCUT2D eigenvalue weighted by atomic mass is 16.6. The molecule has 2 rings (SSSR count). The van der Waals surface area contributed by atoms with E-state index in [0.717, 1.165) is 12.8 Å². The Hall–Kier alpha value is -2.62. The van der Waals surface area contributed by atoms with Gasteiger partial charge in [-0.1, -0.05) is 0 Å². The molecule has 1 N–H and O–H groups in total. The minimum atomic E-state index is -0.851. The predicted molar refractivity (Wildman–Crippen MR) is 73.5 cm³/mol. The molecule has 1 saturated carbocycles. The molecule has 7 nitrogen and oxygen atoms in total. The Labute approximate surface area is 121 Å². The maximum absolute atomic E-state index is 11.8. The number of ether oxygens (including phenoxy) is 1. The lowest BCUT2D eigenvalue weighted by Gasteiger charge is -2.22. The molecule has 1 aromatic rings. The largest absolute Gasteiger partial charge is 0.484 e. The van der Waals surface area contributed by atoms with Gasteiger partial charge in [0.25, 0.3) is 11.6 Å². The van der Waals surface area contributed by atoms with Crippen molar-refractivity contribution in [3.8, 4) is 11.8 Å². The van der Waals surface area contributed by atoms with E-state index < -0.39 is 10.5 Å². The smallest absolute Gasteiger partial charge is 0.269 e. The van der Waals surface area contributed by atoms with E-state index in [2.05, 4.69) is 11.4 Å². The van der Waals surface area contributed by atoms with Crippen molar-refractivity contribution < 1.29 is 14.5 Å². The molecule has 1 aliphatic carbocycles. The normalized spacial score (nSPS) is 16.4. The molecular weight excluding hydrogens is 274 g/mol. The van der Waals surface area contributed by atoms with Gasteiger partial charge >= 0.3 is 0 Å². The summed E-state index contributed by atoms with van der Waals surface area (Å²) in [5, 5.41) is 22.3. The van der Waals surface area contributed by atoms with Crippen molar-refractivity contribution in [2.45, 2.75) is 25.3 Å². The molecule has 1 fully saturated rings. The number of nitrogens with zero attached hydrogens (tertiary/aromatic N) is 2. The van der Waals surface area contributed by atoms with E-state index >= 15 is 0 Å². The first-order valence-electron chi connectivity index (χ1n) is 6.54. The number of rotatable bonds is 6. The summed E-state index contributed by atoms with van der Waals surface area (Å²) in [6.07, 6.45) is 1.88. The molecule has 21 heavy (non-hydrogen) atoms. The standard InChI is InChI=1S/C14H15N3O4/c1-14(9-15,10-2-3-10)16-13(18)8-21-12-6-4-11(5-7-12)17(19)20/h4-7,10H,2-3,8H2,1H3,(H,16,18)/t14-/m0/s1. The number of carbonyl (C=O) groups is 1. The van der Waals surface area contributed by atoms with Crippen molar-refractivity contribution in [2.24, 2.45) is 5.92 Å². The zero-order valence-electron chi connectivity index (χ0n) is 11.5. The van der Waals surface area contributed by atoms with Crippen molar-refractivity contribution in [3.05, 3.63) is 34.4 Å². The van der Waals surface area contributed by atoms with E-state index in [-0.39, 0.29) is 24.1 Å². The number of benzene rings is 1. The van der Waals surface area contributed by atoms with Crippen molar-refractivity contribution in [3.63, 3.8) is 0 Å². The summed E-state index contributed by atoms with van der Waals surface area (Å²) in [7, 11) is 0. The van der Waals surface area contributed by atoms with Crippen LogP contribution in [0.1, 0.15) is 19.8 Å². The van der Waals surface area contributed by atoms with Crippen LogP contribution in [-0.4, -0.2) is 23.0 Å². The number of non-ortho nitro benzene ring substituents is 1. The van der Waals surface area contributed by atoms with Crippen LogP contribution in [0.4, 0.5) is 5.69 Å². The molecule has 0 heterocycles. The molecule has 0 bridgehead atoms. The Kier molecular flexibility index (Phi) is 4.08. The molecule has 1 atom stereocenters. The van der Waals surface area contributed by atoms with Crippen LogP contribution in [0.3, 0.4) is 0 Å². The summed E-state index contributed by atoms with van der Waals surface area (Å²) in [5.74, 6) is 0.177. The second kappa shape index (κ2) is 5.79. The lowest BCUT2D eigenvalue weighted by molar-refractivity contribution is -0.384. The Morgan fingerprint density at radius 3 is 2.62 bits per heavy atom. The van der Waals surface area contributed by atoms with Gasteiger partial charge in [0.15, 0.2) is 6.61 Å². The molecule has 0 saturated heterocycles. The number of nitro benzene ring substituents is 1. The number of amides is 1. The summed E-state index contributed by atoms with van der Waals surface area (Å²) >= 11 is 0. The van der Waals surface area contributed by atoms with Crippen LogP contribution in [0.15, 0.2) is 24.3 Å². The maximum Gasteiger partial charge on any atom is 0.269 e. The number of nitrogens with one attached hydrogen (secondary N) is 1. The number of nitro groups is 1. The van der Waals surface area contributed by atoms with Gasteiger partial charge in [-0.05, 0) is 37.8 Å². The van der Waals surface area contributed by atoms with E-state index in [1.807, 2.05) is 0 Å².